The first-order chi connectivity index (χ1) is 22.3. The van der Waals surface area contributed by atoms with Crippen LogP contribution in [0.2, 0.25) is 0 Å². The molecule has 45 heavy (non-hydrogen) atoms. The maximum atomic E-state index is 6.19. The van der Waals surface area contributed by atoms with Gasteiger partial charge in [0.2, 0.25) is 0 Å². The molecule has 0 aliphatic rings. The Labute approximate surface area is 259 Å². The minimum Gasteiger partial charge on any atom is -0.456 e. The van der Waals surface area contributed by atoms with E-state index >= 15 is 0 Å². The van der Waals surface area contributed by atoms with Gasteiger partial charge in [-0.05, 0) is 106 Å². The molecule has 0 aliphatic heterocycles. The smallest absolute Gasteiger partial charge is 0.135 e. The highest BCUT2D eigenvalue weighted by molar-refractivity contribution is 6.25. The highest BCUT2D eigenvalue weighted by Crippen LogP contribution is 2.46. The summed E-state index contributed by atoms with van der Waals surface area (Å²) in [5.74, 6) is 0. The van der Waals surface area contributed by atoms with Gasteiger partial charge in [-0.25, -0.2) is 0 Å². The van der Waals surface area contributed by atoms with E-state index in [4.69, 9.17) is 4.42 Å². The monoisotopic (exact) mass is 570 g/mol. The Morgan fingerprint density at radius 3 is 1.64 bits per heavy atom. The van der Waals surface area contributed by atoms with Crippen LogP contribution in [0.5, 0.6) is 0 Å². The highest BCUT2D eigenvalue weighted by atomic mass is 16.3. The van der Waals surface area contributed by atoms with E-state index in [-0.39, 0.29) is 0 Å². The molecule has 1 heterocycles. The Morgan fingerprint density at radius 2 is 0.889 bits per heavy atom. The van der Waals surface area contributed by atoms with Gasteiger partial charge in [0.05, 0.1) is 0 Å². The van der Waals surface area contributed by atoms with Crippen molar-refractivity contribution in [1.29, 1.82) is 0 Å². The Bertz CT molecular complexity index is 2760. The van der Waals surface area contributed by atoms with Crippen LogP contribution in [0.1, 0.15) is 0 Å². The first-order valence-electron chi connectivity index (χ1n) is 15.5. The molecule has 0 saturated heterocycles. The second-order valence-electron chi connectivity index (χ2n) is 12.0. The Balaban J connectivity index is 1.30. The molecule has 1 aromatic heterocycles. The maximum absolute atomic E-state index is 6.19. The van der Waals surface area contributed by atoms with E-state index in [9.17, 15) is 0 Å². The summed E-state index contributed by atoms with van der Waals surface area (Å²) in [7, 11) is 0. The lowest BCUT2D eigenvalue weighted by atomic mass is 9.84. The number of benzene rings is 9. The number of hydrogen-bond acceptors (Lipinski definition) is 1. The number of para-hydroxylation sites is 1. The van der Waals surface area contributed by atoms with Crippen LogP contribution in [-0.4, -0.2) is 0 Å². The SMILES string of the molecule is c1ccc2cc3c(ccc4c(-c5c6ccccc6c(-c6ccc7oc8ccccc8c7c6)c6ccccc56)cccc43)cc2c1. The third-order valence-electron chi connectivity index (χ3n) is 9.61. The molecule has 10 aromatic rings. The van der Waals surface area contributed by atoms with Gasteiger partial charge in [-0.3, -0.25) is 0 Å². The number of hydrogen-bond donors (Lipinski definition) is 0. The van der Waals surface area contributed by atoms with Crippen molar-refractivity contribution in [1.82, 2.24) is 0 Å². The molecule has 9 aromatic carbocycles. The Hall–Kier alpha value is -5.92. The molecule has 1 heteroatoms. The predicted octanol–water partition coefficient (Wildman–Crippen LogP) is 12.7. The van der Waals surface area contributed by atoms with Gasteiger partial charge in [-0.15, -0.1) is 0 Å². The van der Waals surface area contributed by atoms with Crippen LogP contribution in [0.3, 0.4) is 0 Å². The van der Waals surface area contributed by atoms with Crippen LogP contribution in [0.25, 0.3) is 98.1 Å². The number of furan rings is 1. The average Bonchev–Trinajstić information content (AvgIpc) is 3.47. The molecule has 0 bridgehead atoms. The number of fused-ring (bicyclic) bond motifs is 9. The van der Waals surface area contributed by atoms with Crippen molar-refractivity contribution in [2.75, 3.05) is 0 Å². The minimum atomic E-state index is 0.918. The van der Waals surface area contributed by atoms with Crippen molar-refractivity contribution in [3.05, 3.63) is 158 Å². The predicted molar refractivity (Wildman–Crippen MR) is 192 cm³/mol. The fourth-order valence-corrected chi connectivity index (χ4v) is 7.61. The standard InChI is InChI=1S/C44H26O/c1-2-11-28-25-39-29(24-27(28)10-1)20-22-32-31(39)17-9-18-34(32)44-37-15-5-3-13-35(37)43(36-14-4-6-16-38(36)44)30-21-23-42-40(26-30)33-12-7-8-19-41(33)45-42/h1-26H. The zero-order chi connectivity index (χ0) is 29.5. The van der Waals surface area contributed by atoms with Gasteiger partial charge < -0.3 is 4.42 Å². The lowest BCUT2D eigenvalue weighted by Gasteiger charge is -2.19. The van der Waals surface area contributed by atoms with Gasteiger partial charge in [0.15, 0.2) is 0 Å². The molecule has 0 fully saturated rings. The van der Waals surface area contributed by atoms with E-state index < -0.39 is 0 Å². The summed E-state index contributed by atoms with van der Waals surface area (Å²) >= 11 is 0. The van der Waals surface area contributed by atoms with Gasteiger partial charge in [-0.1, -0.05) is 127 Å². The summed E-state index contributed by atoms with van der Waals surface area (Å²) in [5, 5.41) is 15.0. The summed E-state index contributed by atoms with van der Waals surface area (Å²) in [6.07, 6.45) is 0. The summed E-state index contributed by atoms with van der Waals surface area (Å²) in [6.45, 7) is 0. The fourth-order valence-electron chi connectivity index (χ4n) is 7.61. The second-order valence-corrected chi connectivity index (χ2v) is 12.0. The molecule has 10 rings (SSSR count). The normalized spacial score (nSPS) is 12.0. The summed E-state index contributed by atoms with van der Waals surface area (Å²) in [5.41, 5.74) is 6.84. The van der Waals surface area contributed by atoms with Crippen molar-refractivity contribution < 1.29 is 4.42 Å². The van der Waals surface area contributed by atoms with Crippen LogP contribution < -0.4 is 0 Å². The Kier molecular flexibility index (Phi) is 5.06. The molecular formula is C44H26O. The van der Waals surface area contributed by atoms with Crippen LogP contribution in [0, 0.1) is 0 Å². The molecule has 1 nitrogen and oxygen atoms in total. The van der Waals surface area contributed by atoms with Crippen molar-refractivity contribution >= 4 is 75.8 Å². The average molecular weight is 571 g/mol. The maximum Gasteiger partial charge on any atom is 0.135 e. The van der Waals surface area contributed by atoms with Crippen molar-refractivity contribution in [3.8, 4) is 22.3 Å². The minimum absolute atomic E-state index is 0.918. The summed E-state index contributed by atoms with van der Waals surface area (Å²) in [6, 6.07) is 57.5. The molecular weight excluding hydrogens is 544 g/mol. The third kappa shape index (κ3) is 3.56. The van der Waals surface area contributed by atoms with Gasteiger partial charge in [0, 0.05) is 10.8 Å². The first kappa shape index (κ1) is 24.5. The molecule has 0 N–H and O–H groups in total. The van der Waals surface area contributed by atoms with Gasteiger partial charge in [-0.2, -0.15) is 0 Å². The van der Waals surface area contributed by atoms with E-state index in [1.807, 2.05) is 12.1 Å². The summed E-state index contributed by atoms with van der Waals surface area (Å²) < 4.78 is 6.19. The highest BCUT2D eigenvalue weighted by Gasteiger charge is 2.19. The fraction of sp³-hybridized carbons (Fsp3) is 0. The quantitative estimate of drug-likeness (QED) is 0.149. The molecule has 0 radical (unpaired) electrons. The van der Waals surface area contributed by atoms with E-state index in [1.165, 1.54) is 76.1 Å². The first-order valence-corrected chi connectivity index (χ1v) is 15.5. The van der Waals surface area contributed by atoms with Crippen LogP contribution in [0.15, 0.2) is 162 Å². The molecule has 0 aliphatic carbocycles. The topological polar surface area (TPSA) is 13.1 Å². The Morgan fingerprint density at radius 1 is 0.289 bits per heavy atom. The molecule has 208 valence electrons. The van der Waals surface area contributed by atoms with Crippen LogP contribution in [0.4, 0.5) is 0 Å². The van der Waals surface area contributed by atoms with Crippen molar-refractivity contribution in [2.45, 2.75) is 0 Å². The van der Waals surface area contributed by atoms with Gasteiger partial charge in [0.25, 0.3) is 0 Å². The second kappa shape index (κ2) is 9.29. The zero-order valence-corrected chi connectivity index (χ0v) is 24.4. The van der Waals surface area contributed by atoms with E-state index in [0.717, 1.165) is 21.9 Å². The van der Waals surface area contributed by atoms with Crippen molar-refractivity contribution in [3.63, 3.8) is 0 Å². The molecule has 0 atom stereocenters. The molecule has 0 saturated carbocycles. The van der Waals surface area contributed by atoms with E-state index in [0.29, 0.717) is 0 Å². The number of rotatable bonds is 2. The lowest BCUT2D eigenvalue weighted by Crippen LogP contribution is -1.92. The van der Waals surface area contributed by atoms with Crippen molar-refractivity contribution in [2.24, 2.45) is 0 Å². The van der Waals surface area contributed by atoms with Gasteiger partial charge in [0.1, 0.15) is 11.2 Å². The zero-order valence-electron chi connectivity index (χ0n) is 24.4. The molecule has 0 unspecified atom stereocenters. The van der Waals surface area contributed by atoms with Crippen LogP contribution in [-0.2, 0) is 0 Å². The summed E-state index contributed by atoms with van der Waals surface area (Å²) in [4.78, 5) is 0. The van der Waals surface area contributed by atoms with Gasteiger partial charge >= 0.3 is 0 Å². The molecule has 0 amide bonds. The molecule has 0 spiro atoms. The largest absolute Gasteiger partial charge is 0.456 e. The van der Waals surface area contributed by atoms with E-state index in [2.05, 4.69) is 146 Å². The van der Waals surface area contributed by atoms with Crippen LogP contribution >= 0.6 is 0 Å². The lowest BCUT2D eigenvalue weighted by molar-refractivity contribution is 0.669. The van der Waals surface area contributed by atoms with E-state index in [1.54, 1.807) is 0 Å². The third-order valence-corrected chi connectivity index (χ3v) is 9.61.